The minimum absolute atomic E-state index is 0.0247. The van der Waals surface area contributed by atoms with Crippen molar-refractivity contribution in [2.24, 2.45) is 5.92 Å². The first-order valence-corrected chi connectivity index (χ1v) is 13.7. The van der Waals surface area contributed by atoms with E-state index in [1.54, 1.807) is 20.8 Å². The lowest BCUT2D eigenvalue weighted by Gasteiger charge is -2.21. The van der Waals surface area contributed by atoms with Gasteiger partial charge in [-0.05, 0) is 56.4 Å². The third-order valence-corrected chi connectivity index (χ3v) is 6.40. The van der Waals surface area contributed by atoms with Crippen LogP contribution in [0.5, 0.6) is 0 Å². The monoisotopic (exact) mass is 539 g/mol. The fraction of sp³-hybridized carbons (Fsp3) is 0.516. The van der Waals surface area contributed by atoms with Crippen molar-refractivity contribution < 1.29 is 33.3 Å². The predicted octanol–water partition coefficient (Wildman–Crippen LogP) is 4.64. The lowest BCUT2D eigenvalue weighted by Crippen LogP contribution is -2.35. The SMILES string of the molecule is CCOCCOCCNC(=O)[C@H](CCC(=O)OC(C)(C)C)CC(=O)OCC1c2ccccc2-c2ccccc21. The van der Waals surface area contributed by atoms with Gasteiger partial charge in [0.2, 0.25) is 5.91 Å². The number of rotatable bonds is 15. The topological polar surface area (TPSA) is 100 Å². The summed E-state index contributed by atoms with van der Waals surface area (Å²) in [4.78, 5) is 38.2. The summed E-state index contributed by atoms with van der Waals surface area (Å²) in [5.41, 5.74) is 3.91. The minimum atomic E-state index is -0.725. The number of amides is 1. The van der Waals surface area contributed by atoms with Crippen molar-refractivity contribution >= 4 is 17.8 Å². The highest BCUT2D eigenvalue weighted by molar-refractivity contribution is 5.84. The maximum atomic E-state index is 12.9. The van der Waals surface area contributed by atoms with E-state index in [2.05, 4.69) is 29.6 Å². The zero-order valence-electron chi connectivity index (χ0n) is 23.5. The summed E-state index contributed by atoms with van der Waals surface area (Å²) in [6.45, 7) is 9.62. The van der Waals surface area contributed by atoms with Crippen LogP contribution in [0.2, 0.25) is 0 Å². The highest BCUT2D eigenvalue weighted by Gasteiger charge is 2.30. The van der Waals surface area contributed by atoms with Crippen LogP contribution in [-0.2, 0) is 33.3 Å². The molecule has 212 valence electrons. The van der Waals surface area contributed by atoms with E-state index in [0.29, 0.717) is 33.0 Å². The van der Waals surface area contributed by atoms with Crippen LogP contribution in [-0.4, -0.2) is 63.0 Å². The Morgan fingerprint density at radius 1 is 0.872 bits per heavy atom. The highest BCUT2D eigenvalue weighted by atomic mass is 16.6. The van der Waals surface area contributed by atoms with Gasteiger partial charge in [0, 0.05) is 31.4 Å². The molecule has 3 rings (SSSR count). The molecule has 8 heteroatoms. The molecule has 1 atom stereocenters. The Balaban J connectivity index is 1.57. The molecule has 0 aromatic heterocycles. The Hall–Kier alpha value is -3.23. The summed E-state index contributed by atoms with van der Waals surface area (Å²) >= 11 is 0. The lowest BCUT2D eigenvalue weighted by molar-refractivity contribution is -0.156. The Morgan fingerprint density at radius 2 is 1.49 bits per heavy atom. The van der Waals surface area contributed by atoms with Crippen molar-refractivity contribution in [1.82, 2.24) is 5.32 Å². The third kappa shape index (κ3) is 9.48. The second-order valence-corrected chi connectivity index (χ2v) is 10.5. The molecule has 1 aliphatic rings. The Bertz CT molecular complexity index is 1060. The van der Waals surface area contributed by atoms with Gasteiger partial charge in [-0.3, -0.25) is 14.4 Å². The molecule has 0 unspecified atom stereocenters. The zero-order valence-corrected chi connectivity index (χ0v) is 23.5. The number of esters is 2. The average molecular weight is 540 g/mol. The van der Waals surface area contributed by atoms with E-state index in [9.17, 15) is 14.4 Å². The number of nitrogens with one attached hydrogen (secondary N) is 1. The molecule has 0 spiro atoms. The molecular formula is C31H41NO7. The number of ether oxygens (including phenoxy) is 4. The smallest absolute Gasteiger partial charge is 0.306 e. The van der Waals surface area contributed by atoms with Crippen LogP contribution in [0.25, 0.3) is 11.1 Å². The van der Waals surface area contributed by atoms with Gasteiger partial charge in [0.1, 0.15) is 12.2 Å². The van der Waals surface area contributed by atoms with Crippen molar-refractivity contribution in [3.8, 4) is 11.1 Å². The third-order valence-electron chi connectivity index (χ3n) is 6.40. The lowest BCUT2D eigenvalue weighted by atomic mass is 9.97. The van der Waals surface area contributed by atoms with Crippen molar-refractivity contribution in [2.75, 3.05) is 39.6 Å². The van der Waals surface area contributed by atoms with Crippen molar-refractivity contribution in [1.29, 1.82) is 0 Å². The molecule has 2 aromatic rings. The molecule has 0 heterocycles. The summed E-state index contributed by atoms with van der Waals surface area (Å²) in [5, 5.41) is 2.81. The maximum absolute atomic E-state index is 12.9. The highest BCUT2D eigenvalue weighted by Crippen LogP contribution is 2.44. The molecule has 0 bridgehead atoms. The molecule has 0 saturated carbocycles. The Labute approximate surface area is 231 Å². The summed E-state index contributed by atoms with van der Waals surface area (Å²) in [6, 6.07) is 16.2. The first-order valence-electron chi connectivity index (χ1n) is 13.7. The van der Waals surface area contributed by atoms with E-state index in [1.807, 2.05) is 31.2 Å². The molecule has 0 radical (unpaired) electrons. The number of fused-ring (bicyclic) bond motifs is 3. The quantitative estimate of drug-likeness (QED) is 0.260. The van der Waals surface area contributed by atoms with Crippen molar-refractivity contribution in [2.45, 2.75) is 58.5 Å². The summed E-state index contributed by atoms with van der Waals surface area (Å²) < 4.78 is 21.8. The first kappa shape index (κ1) is 30.3. The van der Waals surface area contributed by atoms with Crippen molar-refractivity contribution in [3.05, 3.63) is 59.7 Å². The normalized spacial score (nSPS) is 13.3. The standard InChI is InChI=1S/C31H41NO7/c1-5-36-18-19-37-17-16-32-30(35)22(14-15-28(33)39-31(2,3)4)20-29(34)38-21-27-25-12-8-6-10-23(25)24-11-7-9-13-26(24)27/h6-13,22,27H,5,14-21H2,1-4H3,(H,32,35)/t22-/m1/s1. The molecule has 0 aliphatic heterocycles. The number of benzene rings is 2. The summed E-state index contributed by atoms with van der Waals surface area (Å²) in [7, 11) is 0. The average Bonchev–Trinajstić information content (AvgIpc) is 3.22. The Morgan fingerprint density at radius 3 is 2.10 bits per heavy atom. The van der Waals surface area contributed by atoms with Gasteiger partial charge in [-0.25, -0.2) is 0 Å². The van der Waals surface area contributed by atoms with Gasteiger partial charge in [-0.15, -0.1) is 0 Å². The molecule has 39 heavy (non-hydrogen) atoms. The largest absolute Gasteiger partial charge is 0.465 e. The van der Waals surface area contributed by atoms with Gasteiger partial charge < -0.3 is 24.3 Å². The van der Waals surface area contributed by atoms with Gasteiger partial charge in [0.15, 0.2) is 0 Å². The van der Waals surface area contributed by atoms with E-state index >= 15 is 0 Å². The summed E-state index contributed by atoms with van der Waals surface area (Å²) in [5.74, 6) is -2.00. The van der Waals surface area contributed by atoms with Crippen LogP contribution in [0, 0.1) is 5.92 Å². The molecule has 0 saturated heterocycles. The van der Waals surface area contributed by atoms with E-state index < -0.39 is 23.5 Å². The minimum Gasteiger partial charge on any atom is -0.465 e. The van der Waals surface area contributed by atoms with Gasteiger partial charge in [0.25, 0.3) is 0 Å². The molecule has 8 nitrogen and oxygen atoms in total. The molecule has 2 aromatic carbocycles. The van der Waals surface area contributed by atoms with Gasteiger partial charge >= 0.3 is 11.9 Å². The van der Waals surface area contributed by atoms with Crippen LogP contribution in [0.3, 0.4) is 0 Å². The van der Waals surface area contributed by atoms with E-state index in [4.69, 9.17) is 18.9 Å². The first-order chi connectivity index (χ1) is 18.7. The Kier molecular flexibility index (Phi) is 11.5. The predicted molar refractivity (Wildman–Crippen MR) is 148 cm³/mol. The fourth-order valence-corrected chi connectivity index (χ4v) is 4.64. The van der Waals surface area contributed by atoms with Gasteiger partial charge in [-0.1, -0.05) is 48.5 Å². The number of hydrogen-bond donors (Lipinski definition) is 1. The van der Waals surface area contributed by atoms with Crippen LogP contribution in [0.15, 0.2) is 48.5 Å². The second-order valence-electron chi connectivity index (χ2n) is 10.5. The van der Waals surface area contributed by atoms with E-state index in [-0.39, 0.29) is 37.7 Å². The second kappa shape index (κ2) is 14.8. The maximum Gasteiger partial charge on any atom is 0.306 e. The van der Waals surface area contributed by atoms with Crippen LogP contribution in [0.1, 0.15) is 64.0 Å². The van der Waals surface area contributed by atoms with E-state index in [0.717, 1.165) is 22.3 Å². The fourth-order valence-electron chi connectivity index (χ4n) is 4.64. The van der Waals surface area contributed by atoms with Crippen LogP contribution >= 0.6 is 0 Å². The summed E-state index contributed by atoms with van der Waals surface area (Å²) in [6.07, 6.45) is 0.0723. The molecular weight excluding hydrogens is 498 g/mol. The number of carbonyl (C=O) groups excluding carboxylic acids is 3. The molecule has 1 N–H and O–H groups in total. The molecule has 1 aliphatic carbocycles. The van der Waals surface area contributed by atoms with E-state index in [1.165, 1.54) is 0 Å². The zero-order chi connectivity index (χ0) is 28.3. The van der Waals surface area contributed by atoms with Gasteiger partial charge in [0.05, 0.1) is 26.2 Å². The number of carbonyl (C=O) groups is 3. The van der Waals surface area contributed by atoms with Gasteiger partial charge in [-0.2, -0.15) is 0 Å². The van der Waals surface area contributed by atoms with Crippen molar-refractivity contribution in [3.63, 3.8) is 0 Å². The molecule has 0 fully saturated rings. The van der Waals surface area contributed by atoms with Crippen LogP contribution in [0.4, 0.5) is 0 Å². The number of hydrogen-bond acceptors (Lipinski definition) is 7. The van der Waals surface area contributed by atoms with Crippen LogP contribution < -0.4 is 5.32 Å². The molecule has 1 amide bonds.